The lowest BCUT2D eigenvalue weighted by molar-refractivity contribution is 0.0666. The Hall–Kier alpha value is -4.87. The highest BCUT2D eigenvalue weighted by molar-refractivity contribution is 7.74. The Kier molecular flexibility index (Phi) is 15.9. The van der Waals surface area contributed by atoms with Crippen LogP contribution in [0.15, 0.2) is 146 Å². The zero-order chi connectivity index (χ0) is 41.5. The standard InChI is InChI=1S/C44H46N3O10P3/c48-29-25-33-13-4-8-19-38(33)52-42-23-12-24-43(44(42)53-39-20-9-5-14-34(39)26-30-49)56-59-45-58-46(55-40-21-10-6-15-35(40)27-31-50)60(47(59)54-37-17-2-1-3-18-37)57-41-22-11-7-16-36(41)28-32-51/h1-24,45,48-51,58H,25-32H2. The molecule has 5 N–H and O–H groups in total. The lowest BCUT2D eigenvalue weighted by Crippen LogP contribution is -2.37. The molecule has 1 fully saturated rings. The van der Waals surface area contributed by atoms with E-state index in [4.69, 9.17) is 28.2 Å². The molecule has 1 saturated heterocycles. The van der Waals surface area contributed by atoms with Gasteiger partial charge >= 0.3 is 8.45 Å². The van der Waals surface area contributed by atoms with Crippen LogP contribution < -0.4 is 33.1 Å². The fraction of sp³-hybridized carbons (Fsp3) is 0.182. The smallest absolute Gasteiger partial charge is 0.332 e. The van der Waals surface area contributed by atoms with Gasteiger partial charge in [-0.1, -0.05) is 97.1 Å². The number of para-hydroxylation sites is 6. The molecule has 6 aromatic rings. The molecule has 0 saturated carbocycles. The van der Waals surface area contributed by atoms with E-state index in [-0.39, 0.29) is 41.1 Å². The number of nitrogens with zero attached hydrogens (tertiary/aromatic N) is 2. The second-order valence-corrected chi connectivity index (χ2v) is 17.8. The van der Waals surface area contributed by atoms with Gasteiger partial charge in [-0.05, 0) is 101 Å². The molecule has 6 aromatic carbocycles. The summed E-state index contributed by atoms with van der Waals surface area (Å²) in [5, 5.41) is 39.5. The summed E-state index contributed by atoms with van der Waals surface area (Å²) in [7, 11) is -4.18. The van der Waals surface area contributed by atoms with Crippen LogP contribution in [-0.2, 0) is 25.7 Å². The summed E-state index contributed by atoms with van der Waals surface area (Å²) in [5.74, 6) is 3.56. The van der Waals surface area contributed by atoms with E-state index >= 15 is 0 Å². The summed E-state index contributed by atoms with van der Waals surface area (Å²) < 4.78 is 30.4. The fourth-order valence-electron chi connectivity index (χ4n) is 6.10. The minimum atomic E-state index is -2.02. The van der Waals surface area contributed by atoms with E-state index in [2.05, 4.69) is 4.86 Å². The summed E-state index contributed by atoms with van der Waals surface area (Å²) in [6.45, 7) is -0.275. The molecule has 1 aliphatic heterocycles. The summed E-state index contributed by atoms with van der Waals surface area (Å²) in [6, 6.07) is 44.5. The molecule has 3 unspecified atom stereocenters. The van der Waals surface area contributed by atoms with Crippen molar-refractivity contribution < 1.29 is 48.6 Å². The number of ether oxygens (including phenoxy) is 2. The molecule has 3 atom stereocenters. The lowest BCUT2D eigenvalue weighted by atomic mass is 10.1. The van der Waals surface area contributed by atoms with E-state index in [1.165, 1.54) is 0 Å². The molecule has 1 heterocycles. The highest BCUT2D eigenvalue weighted by Crippen LogP contribution is 2.66. The van der Waals surface area contributed by atoms with E-state index in [1.54, 1.807) is 27.4 Å². The summed E-state index contributed by atoms with van der Waals surface area (Å²) >= 11 is 0. The van der Waals surface area contributed by atoms with Gasteiger partial charge in [-0.2, -0.15) is 0 Å². The highest BCUT2D eigenvalue weighted by atomic mass is 31.3. The summed E-state index contributed by atoms with van der Waals surface area (Å²) in [5.41, 5.74) is 3.19. The number of aliphatic hydroxyl groups is 4. The topological polar surface area (TPSA) is 155 Å². The SMILES string of the molecule is OCCc1ccccc1Oc1cccc(OP2NPN(Oc3ccccc3CCO)P(Oc3ccccc3CCO)N2Oc2ccccc2)c1Oc1ccccc1CCO. The van der Waals surface area contributed by atoms with Gasteiger partial charge < -0.3 is 48.6 Å². The predicted octanol–water partition coefficient (Wildman–Crippen LogP) is 9.03. The minimum absolute atomic E-state index is 0.0569. The molecule has 0 bridgehead atoms. The average Bonchev–Trinajstić information content (AvgIpc) is 3.27. The Balaban J connectivity index is 1.32. The van der Waals surface area contributed by atoms with Crippen LogP contribution in [0.2, 0.25) is 0 Å². The van der Waals surface area contributed by atoms with Crippen LogP contribution in [-0.4, -0.2) is 56.1 Å². The first-order valence-electron chi connectivity index (χ1n) is 19.3. The zero-order valence-corrected chi connectivity index (χ0v) is 35.3. The number of benzene rings is 6. The number of aliphatic hydroxyl groups excluding tert-OH is 4. The van der Waals surface area contributed by atoms with E-state index in [0.29, 0.717) is 65.9 Å². The third kappa shape index (κ3) is 11.1. The molecular formula is C44H46N3O10P3. The van der Waals surface area contributed by atoms with Crippen LogP contribution in [0.4, 0.5) is 0 Å². The molecule has 13 nitrogen and oxygen atoms in total. The summed E-state index contributed by atoms with van der Waals surface area (Å²) in [4.78, 5) is 16.8. The van der Waals surface area contributed by atoms with Gasteiger partial charge in [0.05, 0.1) is 8.88 Å². The van der Waals surface area contributed by atoms with E-state index in [9.17, 15) is 20.4 Å². The minimum Gasteiger partial charge on any atom is -0.453 e. The molecule has 0 spiro atoms. The van der Waals surface area contributed by atoms with Crippen LogP contribution in [0.25, 0.3) is 0 Å². The maximum Gasteiger partial charge on any atom is 0.332 e. The van der Waals surface area contributed by atoms with Crippen molar-refractivity contribution in [3.8, 4) is 46.0 Å². The van der Waals surface area contributed by atoms with E-state index in [0.717, 1.165) is 22.3 Å². The lowest BCUT2D eigenvalue weighted by Gasteiger charge is -2.42. The van der Waals surface area contributed by atoms with E-state index < -0.39 is 16.9 Å². The first kappa shape index (κ1) is 43.2. The third-order valence-electron chi connectivity index (χ3n) is 8.97. The van der Waals surface area contributed by atoms with Gasteiger partial charge in [-0.25, -0.2) is 4.86 Å². The Morgan fingerprint density at radius 3 is 1.52 bits per heavy atom. The van der Waals surface area contributed by atoms with Gasteiger partial charge in [0.1, 0.15) is 23.0 Å². The molecule has 0 aromatic heterocycles. The van der Waals surface area contributed by atoms with Gasteiger partial charge in [0, 0.05) is 31.0 Å². The Labute approximate surface area is 353 Å². The molecule has 1 aliphatic rings. The molecule has 312 valence electrons. The predicted molar refractivity (Wildman–Crippen MR) is 233 cm³/mol. The van der Waals surface area contributed by atoms with Crippen LogP contribution in [0.5, 0.6) is 46.0 Å². The Bertz CT molecular complexity index is 2280. The molecule has 16 heteroatoms. The molecule has 0 aliphatic carbocycles. The van der Waals surface area contributed by atoms with Crippen LogP contribution >= 0.6 is 25.8 Å². The highest BCUT2D eigenvalue weighted by Gasteiger charge is 2.47. The second kappa shape index (κ2) is 22.1. The quantitative estimate of drug-likeness (QED) is 0.0464. The number of hydrogen-bond donors (Lipinski definition) is 5. The monoisotopic (exact) mass is 869 g/mol. The first-order chi connectivity index (χ1) is 29.6. The van der Waals surface area contributed by atoms with Gasteiger partial charge in [0.2, 0.25) is 5.75 Å². The van der Waals surface area contributed by atoms with Crippen molar-refractivity contribution >= 4 is 25.8 Å². The largest absolute Gasteiger partial charge is 0.453 e. The molecule has 0 amide bonds. The summed E-state index contributed by atoms with van der Waals surface area (Å²) in [6.07, 6.45) is 1.49. The van der Waals surface area contributed by atoms with Gasteiger partial charge in [0.25, 0.3) is 8.45 Å². The normalized spacial score (nSPS) is 16.0. The maximum absolute atomic E-state index is 9.96. The van der Waals surface area contributed by atoms with Crippen molar-refractivity contribution in [1.82, 2.24) is 14.1 Å². The van der Waals surface area contributed by atoms with Crippen molar-refractivity contribution in [2.75, 3.05) is 26.4 Å². The van der Waals surface area contributed by atoms with E-state index in [1.807, 2.05) is 127 Å². The van der Waals surface area contributed by atoms with Crippen molar-refractivity contribution in [3.63, 3.8) is 0 Å². The Morgan fingerprint density at radius 1 is 0.450 bits per heavy atom. The van der Waals surface area contributed by atoms with Crippen LogP contribution in [0.3, 0.4) is 0 Å². The molecule has 0 radical (unpaired) electrons. The molecular weight excluding hydrogens is 823 g/mol. The molecule has 7 rings (SSSR count). The van der Waals surface area contributed by atoms with Crippen molar-refractivity contribution in [2.24, 2.45) is 0 Å². The van der Waals surface area contributed by atoms with Gasteiger partial charge in [-0.15, -0.1) is 0 Å². The van der Waals surface area contributed by atoms with Crippen LogP contribution in [0, 0.1) is 0 Å². The van der Waals surface area contributed by atoms with Gasteiger partial charge in [-0.3, -0.25) is 0 Å². The Morgan fingerprint density at radius 2 is 0.917 bits per heavy atom. The van der Waals surface area contributed by atoms with Crippen LogP contribution in [0.1, 0.15) is 22.3 Å². The van der Waals surface area contributed by atoms with Crippen molar-refractivity contribution in [2.45, 2.75) is 25.7 Å². The van der Waals surface area contributed by atoms with Crippen molar-refractivity contribution in [1.29, 1.82) is 0 Å². The zero-order valence-electron chi connectivity index (χ0n) is 32.5. The number of hydrogen-bond acceptors (Lipinski definition) is 13. The molecule has 60 heavy (non-hydrogen) atoms. The number of nitrogens with one attached hydrogen (secondary N) is 1. The third-order valence-corrected chi connectivity index (χ3v) is 14.1. The van der Waals surface area contributed by atoms with Crippen molar-refractivity contribution in [3.05, 3.63) is 168 Å². The van der Waals surface area contributed by atoms with Gasteiger partial charge in [0.15, 0.2) is 17.2 Å². The first-order valence-corrected chi connectivity index (χ1v) is 22.6. The average molecular weight is 870 g/mol. The maximum atomic E-state index is 9.96. The second-order valence-electron chi connectivity index (χ2n) is 13.1. The number of rotatable bonds is 20. The fourth-order valence-corrected chi connectivity index (χ4v) is 11.7.